The van der Waals surface area contributed by atoms with E-state index in [1.165, 1.54) is 26.2 Å². The molecule has 2 rings (SSSR count). The van der Waals surface area contributed by atoms with Gasteiger partial charge < -0.3 is 14.8 Å². The highest BCUT2D eigenvalue weighted by Gasteiger charge is 2.14. The van der Waals surface area contributed by atoms with Crippen LogP contribution >= 0.6 is 34.8 Å². The predicted octanol–water partition coefficient (Wildman–Crippen LogP) is 4.88. The fourth-order valence-electron chi connectivity index (χ4n) is 1.99. The van der Waals surface area contributed by atoms with E-state index < -0.39 is 5.91 Å². The minimum atomic E-state index is -0.469. The van der Waals surface area contributed by atoms with Gasteiger partial charge in [0.2, 0.25) is 0 Å². The van der Waals surface area contributed by atoms with Crippen LogP contribution in [0.4, 0.5) is 5.69 Å². The van der Waals surface area contributed by atoms with Crippen molar-refractivity contribution in [2.45, 2.75) is 6.92 Å². The van der Waals surface area contributed by atoms with Crippen LogP contribution in [0.15, 0.2) is 30.3 Å². The van der Waals surface area contributed by atoms with Gasteiger partial charge in [0.05, 0.1) is 22.8 Å². The molecule has 132 valence electrons. The molecular weight excluding hydrogens is 389 g/mol. The Balaban J connectivity index is 2.07. The van der Waals surface area contributed by atoms with Crippen molar-refractivity contribution in [1.82, 2.24) is 0 Å². The number of nitrogens with one attached hydrogen (secondary N) is 1. The molecule has 2 aromatic carbocycles. The van der Waals surface area contributed by atoms with E-state index in [0.717, 1.165) is 0 Å². The molecule has 0 aliphatic rings. The zero-order valence-corrected chi connectivity index (χ0v) is 15.6. The first-order valence-electron chi connectivity index (χ1n) is 7.08. The maximum Gasteiger partial charge on any atom is 0.262 e. The zero-order chi connectivity index (χ0) is 18.6. The van der Waals surface area contributed by atoms with Crippen LogP contribution in [-0.4, -0.2) is 25.4 Å². The Morgan fingerprint density at radius 1 is 1.04 bits per heavy atom. The lowest BCUT2D eigenvalue weighted by Gasteiger charge is -2.13. The van der Waals surface area contributed by atoms with Gasteiger partial charge >= 0.3 is 0 Å². The van der Waals surface area contributed by atoms with Crippen molar-refractivity contribution in [3.05, 3.63) is 51.0 Å². The van der Waals surface area contributed by atoms with Crippen LogP contribution in [0.2, 0.25) is 15.1 Å². The molecule has 0 atom stereocenters. The van der Waals surface area contributed by atoms with Gasteiger partial charge in [0.15, 0.2) is 23.9 Å². The van der Waals surface area contributed by atoms with Gasteiger partial charge in [-0.05, 0) is 37.3 Å². The Hall–Kier alpha value is -1.95. The first kappa shape index (κ1) is 19.4. The number of carbonyl (C=O) groups excluding carboxylic acids is 2. The number of carbonyl (C=O) groups is 2. The predicted molar refractivity (Wildman–Crippen MR) is 98.6 cm³/mol. The van der Waals surface area contributed by atoms with E-state index in [2.05, 4.69) is 5.32 Å². The Labute approximate surface area is 159 Å². The lowest BCUT2D eigenvalue weighted by atomic mass is 10.1. The maximum atomic E-state index is 12.1. The van der Waals surface area contributed by atoms with Gasteiger partial charge in [0.1, 0.15) is 0 Å². The highest BCUT2D eigenvalue weighted by molar-refractivity contribution is 6.42. The molecule has 1 amide bonds. The number of Topliss-reactive ketones (excluding diaryl/α,β-unsaturated/α-hetero) is 1. The number of benzene rings is 2. The second-order valence-electron chi connectivity index (χ2n) is 5.00. The number of halogens is 3. The molecule has 0 fully saturated rings. The number of hydrogen-bond acceptors (Lipinski definition) is 4. The summed E-state index contributed by atoms with van der Waals surface area (Å²) in [6.45, 7) is 1.15. The lowest BCUT2D eigenvalue weighted by Crippen LogP contribution is -2.20. The summed E-state index contributed by atoms with van der Waals surface area (Å²) < 4.78 is 10.6. The molecule has 0 aliphatic carbocycles. The number of ether oxygens (including phenoxy) is 2. The monoisotopic (exact) mass is 401 g/mol. The molecule has 2 aromatic rings. The number of rotatable bonds is 6. The summed E-state index contributed by atoms with van der Waals surface area (Å²) in [5.41, 5.74) is 0.730. The summed E-state index contributed by atoms with van der Waals surface area (Å²) in [5.74, 6) is 0.109. The third-order valence-electron chi connectivity index (χ3n) is 3.20. The molecule has 0 saturated carbocycles. The standard InChI is InChI=1S/C17H14Cl3NO4/c1-9(22)10-3-4-14(15(5-10)24-2)25-8-16(23)21-17-12(19)6-11(18)7-13(17)20/h3-7H,8H2,1-2H3,(H,21,23). The third-order valence-corrected chi connectivity index (χ3v) is 4.01. The summed E-state index contributed by atoms with van der Waals surface area (Å²) in [7, 11) is 1.44. The first-order chi connectivity index (χ1) is 11.8. The van der Waals surface area contributed by atoms with Crippen molar-refractivity contribution in [2.24, 2.45) is 0 Å². The molecular formula is C17H14Cl3NO4. The number of amides is 1. The van der Waals surface area contributed by atoms with Crippen molar-refractivity contribution in [3.63, 3.8) is 0 Å². The van der Waals surface area contributed by atoms with Crippen molar-refractivity contribution >= 4 is 52.2 Å². The summed E-state index contributed by atoms with van der Waals surface area (Å²) in [6, 6.07) is 7.63. The SMILES string of the molecule is COc1cc(C(C)=O)ccc1OCC(=O)Nc1c(Cl)cc(Cl)cc1Cl. The van der Waals surface area contributed by atoms with Crippen LogP contribution in [-0.2, 0) is 4.79 Å². The molecule has 5 nitrogen and oxygen atoms in total. The minimum Gasteiger partial charge on any atom is -0.493 e. The van der Waals surface area contributed by atoms with Crippen LogP contribution < -0.4 is 14.8 Å². The molecule has 0 radical (unpaired) electrons. The second kappa shape index (κ2) is 8.43. The van der Waals surface area contributed by atoms with Crippen LogP contribution in [0.3, 0.4) is 0 Å². The van der Waals surface area contributed by atoms with E-state index in [1.807, 2.05) is 0 Å². The van der Waals surface area contributed by atoms with Crippen molar-refractivity contribution in [2.75, 3.05) is 19.0 Å². The van der Waals surface area contributed by atoms with Crippen molar-refractivity contribution < 1.29 is 19.1 Å². The first-order valence-corrected chi connectivity index (χ1v) is 8.21. The molecule has 0 heterocycles. The second-order valence-corrected chi connectivity index (χ2v) is 6.25. The van der Waals surface area contributed by atoms with E-state index in [-0.39, 0.29) is 28.1 Å². The number of ketones is 1. The Morgan fingerprint density at radius 2 is 1.68 bits per heavy atom. The number of anilines is 1. The van der Waals surface area contributed by atoms with E-state index in [9.17, 15) is 9.59 Å². The van der Waals surface area contributed by atoms with Crippen LogP contribution in [0.1, 0.15) is 17.3 Å². The highest BCUT2D eigenvalue weighted by Crippen LogP contribution is 2.34. The van der Waals surface area contributed by atoms with Crippen LogP contribution in [0.5, 0.6) is 11.5 Å². The topological polar surface area (TPSA) is 64.6 Å². The largest absolute Gasteiger partial charge is 0.493 e. The van der Waals surface area contributed by atoms with Gasteiger partial charge in [0, 0.05) is 10.6 Å². The lowest BCUT2D eigenvalue weighted by molar-refractivity contribution is -0.118. The Kier molecular flexibility index (Phi) is 6.53. The summed E-state index contributed by atoms with van der Waals surface area (Å²) in [5, 5.41) is 3.36. The number of hydrogen-bond donors (Lipinski definition) is 1. The summed E-state index contributed by atoms with van der Waals surface area (Å²) >= 11 is 17.9. The van der Waals surface area contributed by atoms with Crippen LogP contribution in [0, 0.1) is 0 Å². The van der Waals surface area contributed by atoms with Crippen molar-refractivity contribution in [3.8, 4) is 11.5 Å². The highest BCUT2D eigenvalue weighted by atomic mass is 35.5. The van der Waals surface area contributed by atoms with Gasteiger partial charge in [-0.3, -0.25) is 9.59 Å². The van der Waals surface area contributed by atoms with Gasteiger partial charge in [-0.1, -0.05) is 34.8 Å². The Morgan fingerprint density at radius 3 is 2.24 bits per heavy atom. The van der Waals surface area contributed by atoms with Crippen LogP contribution in [0.25, 0.3) is 0 Å². The zero-order valence-electron chi connectivity index (χ0n) is 13.4. The summed E-state index contributed by atoms with van der Waals surface area (Å²) in [4.78, 5) is 23.5. The van der Waals surface area contributed by atoms with E-state index in [0.29, 0.717) is 22.1 Å². The van der Waals surface area contributed by atoms with Gasteiger partial charge in [-0.2, -0.15) is 0 Å². The molecule has 0 bridgehead atoms. The van der Waals surface area contributed by atoms with E-state index in [1.54, 1.807) is 18.2 Å². The van der Waals surface area contributed by atoms with Gasteiger partial charge in [0.25, 0.3) is 5.91 Å². The maximum absolute atomic E-state index is 12.1. The average molecular weight is 403 g/mol. The van der Waals surface area contributed by atoms with E-state index >= 15 is 0 Å². The fraction of sp³-hybridized carbons (Fsp3) is 0.176. The normalized spacial score (nSPS) is 10.3. The average Bonchev–Trinajstić information content (AvgIpc) is 2.55. The molecule has 1 N–H and O–H groups in total. The third kappa shape index (κ3) is 5.01. The molecule has 0 aromatic heterocycles. The quantitative estimate of drug-likeness (QED) is 0.700. The molecule has 0 saturated heterocycles. The Bertz CT molecular complexity index is 801. The van der Waals surface area contributed by atoms with Gasteiger partial charge in [-0.25, -0.2) is 0 Å². The smallest absolute Gasteiger partial charge is 0.262 e. The van der Waals surface area contributed by atoms with Crippen molar-refractivity contribution in [1.29, 1.82) is 0 Å². The molecule has 0 unspecified atom stereocenters. The molecule has 8 heteroatoms. The summed E-state index contributed by atoms with van der Waals surface area (Å²) in [6.07, 6.45) is 0. The van der Waals surface area contributed by atoms with E-state index in [4.69, 9.17) is 44.3 Å². The molecule has 0 aliphatic heterocycles. The number of methoxy groups -OCH3 is 1. The fourth-order valence-corrected chi connectivity index (χ4v) is 2.90. The minimum absolute atomic E-state index is 0.102. The van der Waals surface area contributed by atoms with Gasteiger partial charge in [-0.15, -0.1) is 0 Å². The molecule has 25 heavy (non-hydrogen) atoms. The molecule has 0 spiro atoms.